The van der Waals surface area contributed by atoms with Crippen LogP contribution in [0.4, 0.5) is 16.2 Å². The van der Waals surface area contributed by atoms with Crippen LogP contribution in [0.5, 0.6) is 0 Å². The largest absolute Gasteiger partial charge is 0.375 e. The van der Waals surface area contributed by atoms with Crippen LogP contribution in [0.2, 0.25) is 0 Å². The normalized spacial score (nSPS) is 13.4. The van der Waals surface area contributed by atoms with Gasteiger partial charge >= 0.3 is 6.03 Å². The third-order valence-corrected chi connectivity index (χ3v) is 4.43. The molecule has 0 atom stereocenters. The Morgan fingerprint density at radius 2 is 1.96 bits per heavy atom. The molecule has 2 aromatic carbocycles. The number of anilines is 2. The van der Waals surface area contributed by atoms with E-state index in [1.807, 2.05) is 36.2 Å². The molecule has 1 aliphatic rings. The van der Waals surface area contributed by atoms with Gasteiger partial charge in [0.2, 0.25) is 0 Å². The van der Waals surface area contributed by atoms with Gasteiger partial charge in [0.05, 0.1) is 0 Å². The van der Waals surface area contributed by atoms with E-state index in [-0.39, 0.29) is 6.03 Å². The van der Waals surface area contributed by atoms with Crippen molar-refractivity contribution in [2.45, 2.75) is 19.9 Å². The molecule has 0 fully saturated rings. The van der Waals surface area contributed by atoms with E-state index in [2.05, 4.69) is 41.4 Å². The maximum Gasteiger partial charge on any atom is 0.322 e. The molecule has 3 rings (SSSR count). The molecule has 1 aliphatic heterocycles. The number of nitrogens with zero attached hydrogens (tertiary/aromatic N) is 2. The molecule has 23 heavy (non-hydrogen) atoms. The van der Waals surface area contributed by atoms with Crippen LogP contribution in [-0.2, 0) is 13.0 Å². The molecule has 0 aromatic heterocycles. The van der Waals surface area contributed by atoms with Crippen LogP contribution >= 0.6 is 0 Å². The SMILES string of the molecule is CCN(C)c1cccc(NC(=O)N2CCc3ccccc3C2)c1. The summed E-state index contributed by atoms with van der Waals surface area (Å²) in [7, 11) is 2.04. The lowest BCUT2D eigenvalue weighted by Gasteiger charge is -2.29. The highest BCUT2D eigenvalue weighted by Gasteiger charge is 2.20. The Hall–Kier alpha value is -2.49. The topological polar surface area (TPSA) is 35.6 Å². The van der Waals surface area contributed by atoms with Gasteiger partial charge in [0.15, 0.2) is 0 Å². The lowest BCUT2D eigenvalue weighted by atomic mass is 10.0. The van der Waals surface area contributed by atoms with Crippen LogP contribution < -0.4 is 10.2 Å². The maximum atomic E-state index is 12.5. The number of benzene rings is 2. The fourth-order valence-corrected chi connectivity index (χ4v) is 2.88. The maximum absolute atomic E-state index is 12.5. The van der Waals surface area contributed by atoms with Crippen molar-refractivity contribution in [3.8, 4) is 0 Å². The molecule has 0 bridgehead atoms. The van der Waals surface area contributed by atoms with Crippen molar-refractivity contribution in [3.63, 3.8) is 0 Å². The second-order valence-electron chi connectivity index (χ2n) is 5.93. The summed E-state index contributed by atoms with van der Waals surface area (Å²) in [5.41, 5.74) is 4.54. The number of fused-ring (bicyclic) bond motifs is 1. The molecule has 0 unspecified atom stereocenters. The quantitative estimate of drug-likeness (QED) is 0.937. The van der Waals surface area contributed by atoms with Gasteiger partial charge in [-0.25, -0.2) is 4.79 Å². The van der Waals surface area contributed by atoms with Crippen molar-refractivity contribution in [2.24, 2.45) is 0 Å². The van der Waals surface area contributed by atoms with Gasteiger partial charge in [-0.05, 0) is 42.7 Å². The van der Waals surface area contributed by atoms with Gasteiger partial charge in [0, 0.05) is 38.1 Å². The average Bonchev–Trinajstić information content (AvgIpc) is 2.60. The molecule has 0 spiro atoms. The van der Waals surface area contributed by atoms with Crippen LogP contribution in [0, 0.1) is 0 Å². The average molecular weight is 309 g/mol. The summed E-state index contributed by atoms with van der Waals surface area (Å²) in [4.78, 5) is 16.5. The van der Waals surface area contributed by atoms with Gasteiger partial charge in [0.1, 0.15) is 0 Å². The van der Waals surface area contributed by atoms with Gasteiger partial charge in [-0.15, -0.1) is 0 Å². The Balaban J connectivity index is 1.68. The van der Waals surface area contributed by atoms with E-state index in [0.717, 1.165) is 30.9 Å². The first-order valence-corrected chi connectivity index (χ1v) is 8.11. The summed E-state index contributed by atoms with van der Waals surface area (Å²) >= 11 is 0. The van der Waals surface area contributed by atoms with Crippen molar-refractivity contribution < 1.29 is 4.79 Å². The Morgan fingerprint density at radius 3 is 2.74 bits per heavy atom. The predicted octanol–water partition coefficient (Wildman–Crippen LogP) is 3.73. The second kappa shape index (κ2) is 6.73. The Kier molecular flexibility index (Phi) is 4.51. The van der Waals surface area contributed by atoms with Gasteiger partial charge in [0.25, 0.3) is 0 Å². The smallest absolute Gasteiger partial charge is 0.322 e. The van der Waals surface area contributed by atoms with Crippen molar-refractivity contribution >= 4 is 17.4 Å². The number of amides is 2. The highest BCUT2D eigenvalue weighted by Crippen LogP contribution is 2.21. The summed E-state index contributed by atoms with van der Waals surface area (Å²) < 4.78 is 0. The third kappa shape index (κ3) is 3.47. The Morgan fingerprint density at radius 1 is 1.17 bits per heavy atom. The minimum atomic E-state index is -0.0317. The minimum Gasteiger partial charge on any atom is -0.375 e. The first-order valence-electron chi connectivity index (χ1n) is 8.11. The number of nitrogens with one attached hydrogen (secondary N) is 1. The zero-order valence-corrected chi connectivity index (χ0v) is 13.7. The number of carbonyl (C=O) groups is 1. The molecule has 2 amide bonds. The predicted molar refractivity (Wildman–Crippen MR) is 95.0 cm³/mol. The molecule has 1 heterocycles. The molecule has 4 heteroatoms. The molecule has 4 nitrogen and oxygen atoms in total. The minimum absolute atomic E-state index is 0.0317. The summed E-state index contributed by atoms with van der Waals surface area (Å²) in [5.74, 6) is 0. The van der Waals surface area contributed by atoms with E-state index < -0.39 is 0 Å². The van der Waals surface area contributed by atoms with Crippen LogP contribution in [0.15, 0.2) is 48.5 Å². The number of rotatable bonds is 3. The van der Waals surface area contributed by atoms with Gasteiger partial charge in [-0.3, -0.25) is 0 Å². The Labute approximate surface area is 137 Å². The second-order valence-corrected chi connectivity index (χ2v) is 5.93. The number of hydrogen-bond acceptors (Lipinski definition) is 2. The fourth-order valence-electron chi connectivity index (χ4n) is 2.88. The van der Waals surface area contributed by atoms with Crippen molar-refractivity contribution in [1.29, 1.82) is 0 Å². The summed E-state index contributed by atoms with van der Waals surface area (Å²) in [5, 5.41) is 3.02. The molecule has 1 N–H and O–H groups in total. The molecule has 2 aromatic rings. The van der Waals surface area contributed by atoms with Crippen molar-refractivity contribution in [2.75, 3.05) is 30.4 Å². The van der Waals surface area contributed by atoms with Crippen LogP contribution in [-0.4, -0.2) is 31.1 Å². The molecular weight excluding hydrogens is 286 g/mol. The zero-order chi connectivity index (χ0) is 16.2. The van der Waals surface area contributed by atoms with E-state index in [1.54, 1.807) is 0 Å². The molecule has 0 radical (unpaired) electrons. The number of carbonyl (C=O) groups excluding carboxylic acids is 1. The van der Waals surface area contributed by atoms with Crippen LogP contribution in [0.25, 0.3) is 0 Å². The molecule has 0 saturated carbocycles. The van der Waals surface area contributed by atoms with Crippen LogP contribution in [0.3, 0.4) is 0 Å². The van der Waals surface area contributed by atoms with Crippen LogP contribution in [0.1, 0.15) is 18.1 Å². The van der Waals surface area contributed by atoms with Crippen molar-refractivity contribution in [3.05, 3.63) is 59.7 Å². The van der Waals surface area contributed by atoms with E-state index in [9.17, 15) is 4.79 Å². The lowest BCUT2D eigenvalue weighted by Crippen LogP contribution is -2.38. The standard InChI is InChI=1S/C19H23N3O/c1-3-21(2)18-10-6-9-17(13-18)20-19(23)22-12-11-15-7-4-5-8-16(15)14-22/h4-10,13H,3,11-12,14H2,1-2H3,(H,20,23). The van der Waals surface area contributed by atoms with Gasteiger partial charge < -0.3 is 15.1 Å². The monoisotopic (exact) mass is 309 g/mol. The first kappa shape index (κ1) is 15.4. The summed E-state index contributed by atoms with van der Waals surface area (Å²) in [6.45, 7) is 4.48. The highest BCUT2D eigenvalue weighted by atomic mass is 16.2. The first-order chi connectivity index (χ1) is 11.2. The molecular formula is C19H23N3O. The number of hydrogen-bond donors (Lipinski definition) is 1. The van der Waals surface area contributed by atoms with Gasteiger partial charge in [-0.2, -0.15) is 0 Å². The van der Waals surface area contributed by atoms with E-state index in [0.29, 0.717) is 6.54 Å². The molecule has 0 aliphatic carbocycles. The third-order valence-electron chi connectivity index (χ3n) is 4.43. The summed E-state index contributed by atoms with van der Waals surface area (Å²) in [6.07, 6.45) is 0.919. The van der Waals surface area contributed by atoms with Crippen molar-refractivity contribution in [1.82, 2.24) is 4.90 Å². The number of urea groups is 1. The van der Waals surface area contributed by atoms with Gasteiger partial charge in [-0.1, -0.05) is 30.3 Å². The van der Waals surface area contributed by atoms with E-state index in [4.69, 9.17) is 0 Å². The summed E-state index contributed by atoms with van der Waals surface area (Å²) in [6, 6.07) is 16.3. The lowest BCUT2D eigenvalue weighted by molar-refractivity contribution is 0.206. The Bertz CT molecular complexity index is 699. The van der Waals surface area contributed by atoms with E-state index in [1.165, 1.54) is 11.1 Å². The fraction of sp³-hybridized carbons (Fsp3) is 0.316. The zero-order valence-electron chi connectivity index (χ0n) is 13.7. The highest BCUT2D eigenvalue weighted by molar-refractivity contribution is 5.90. The molecule has 120 valence electrons. The van der Waals surface area contributed by atoms with E-state index >= 15 is 0 Å². The molecule has 0 saturated heterocycles.